The first-order valence-electron chi connectivity index (χ1n) is 5.85. The molecule has 0 spiro atoms. The molecule has 0 aliphatic carbocycles. The lowest BCUT2D eigenvalue weighted by Crippen LogP contribution is -2.31. The predicted octanol–water partition coefficient (Wildman–Crippen LogP) is 2.33. The van der Waals surface area contributed by atoms with Crippen LogP contribution in [-0.4, -0.2) is 29.6 Å². The van der Waals surface area contributed by atoms with Crippen molar-refractivity contribution >= 4 is 23.5 Å². The van der Waals surface area contributed by atoms with E-state index in [2.05, 4.69) is 5.32 Å². The molecule has 5 nitrogen and oxygen atoms in total. The number of carbonyl (C=O) groups is 2. The maximum Gasteiger partial charge on any atom is 0.337 e. The molecule has 19 heavy (non-hydrogen) atoms. The standard InChI is InChI=1S/C13H16ClNO4/c1-8(2)15-12(16)5-6-19-9-3-4-11(14)10(7-9)13(17)18/h3-4,7-8H,5-6H2,1-2H3,(H,15,16)(H,17,18). The lowest BCUT2D eigenvalue weighted by atomic mass is 10.2. The van der Waals surface area contributed by atoms with Gasteiger partial charge in [-0.3, -0.25) is 4.79 Å². The summed E-state index contributed by atoms with van der Waals surface area (Å²) in [5.74, 6) is -0.852. The van der Waals surface area contributed by atoms with Gasteiger partial charge in [-0.2, -0.15) is 0 Å². The number of aromatic carboxylic acids is 1. The maximum atomic E-state index is 11.4. The zero-order valence-electron chi connectivity index (χ0n) is 10.8. The molecule has 0 bridgehead atoms. The minimum Gasteiger partial charge on any atom is -0.493 e. The van der Waals surface area contributed by atoms with Crippen molar-refractivity contribution in [3.05, 3.63) is 28.8 Å². The average Bonchev–Trinajstić information content (AvgIpc) is 2.30. The summed E-state index contributed by atoms with van der Waals surface area (Å²) in [6, 6.07) is 4.44. The summed E-state index contributed by atoms with van der Waals surface area (Å²) in [4.78, 5) is 22.2. The molecule has 0 aliphatic heterocycles. The molecule has 0 heterocycles. The second kappa shape index (κ2) is 6.99. The Labute approximate surface area is 116 Å². The van der Waals surface area contributed by atoms with Crippen molar-refractivity contribution < 1.29 is 19.4 Å². The molecule has 0 saturated heterocycles. The summed E-state index contributed by atoms with van der Waals surface area (Å²) < 4.78 is 5.32. The Morgan fingerprint density at radius 1 is 1.42 bits per heavy atom. The number of amides is 1. The van der Waals surface area contributed by atoms with Gasteiger partial charge in [-0.05, 0) is 32.0 Å². The van der Waals surface area contributed by atoms with E-state index < -0.39 is 5.97 Å². The third-order valence-electron chi connectivity index (χ3n) is 2.22. The number of halogens is 1. The first-order valence-corrected chi connectivity index (χ1v) is 6.23. The van der Waals surface area contributed by atoms with Gasteiger partial charge in [0.1, 0.15) is 5.75 Å². The van der Waals surface area contributed by atoms with Gasteiger partial charge in [-0.15, -0.1) is 0 Å². The number of hydrogen-bond donors (Lipinski definition) is 2. The molecule has 0 fully saturated rings. The van der Waals surface area contributed by atoms with Gasteiger partial charge < -0.3 is 15.2 Å². The quantitative estimate of drug-likeness (QED) is 0.841. The van der Waals surface area contributed by atoms with Gasteiger partial charge in [0.05, 0.1) is 23.6 Å². The van der Waals surface area contributed by atoms with Gasteiger partial charge in [-0.1, -0.05) is 11.6 Å². The molecule has 1 aromatic carbocycles. The van der Waals surface area contributed by atoms with Crippen molar-refractivity contribution in [3.8, 4) is 5.75 Å². The third-order valence-corrected chi connectivity index (χ3v) is 2.55. The van der Waals surface area contributed by atoms with Crippen molar-refractivity contribution in [2.75, 3.05) is 6.61 Å². The number of benzene rings is 1. The van der Waals surface area contributed by atoms with Crippen LogP contribution in [-0.2, 0) is 4.79 Å². The minimum atomic E-state index is -1.12. The highest BCUT2D eigenvalue weighted by molar-refractivity contribution is 6.33. The number of carbonyl (C=O) groups excluding carboxylic acids is 1. The van der Waals surface area contributed by atoms with Crippen LogP contribution in [0.5, 0.6) is 5.75 Å². The molecular formula is C13H16ClNO4. The van der Waals surface area contributed by atoms with Crippen LogP contribution < -0.4 is 10.1 Å². The molecule has 1 aromatic rings. The van der Waals surface area contributed by atoms with E-state index >= 15 is 0 Å². The molecular weight excluding hydrogens is 270 g/mol. The van der Waals surface area contributed by atoms with E-state index in [1.807, 2.05) is 13.8 Å². The van der Waals surface area contributed by atoms with Gasteiger partial charge in [-0.25, -0.2) is 4.79 Å². The van der Waals surface area contributed by atoms with Crippen LogP contribution in [0.25, 0.3) is 0 Å². The fourth-order valence-electron chi connectivity index (χ4n) is 1.41. The largest absolute Gasteiger partial charge is 0.493 e. The molecule has 0 aliphatic rings. The van der Waals surface area contributed by atoms with E-state index in [1.165, 1.54) is 12.1 Å². The maximum absolute atomic E-state index is 11.4. The number of rotatable bonds is 6. The number of ether oxygens (including phenoxy) is 1. The van der Waals surface area contributed by atoms with Gasteiger partial charge in [0, 0.05) is 6.04 Å². The van der Waals surface area contributed by atoms with Gasteiger partial charge in [0.25, 0.3) is 0 Å². The Balaban J connectivity index is 2.52. The highest BCUT2D eigenvalue weighted by Gasteiger charge is 2.10. The van der Waals surface area contributed by atoms with E-state index in [9.17, 15) is 9.59 Å². The molecule has 104 valence electrons. The Bertz CT molecular complexity index is 474. The molecule has 1 rings (SSSR count). The van der Waals surface area contributed by atoms with E-state index in [1.54, 1.807) is 6.07 Å². The van der Waals surface area contributed by atoms with Crippen LogP contribution in [0.2, 0.25) is 5.02 Å². The fraction of sp³-hybridized carbons (Fsp3) is 0.385. The smallest absolute Gasteiger partial charge is 0.337 e. The van der Waals surface area contributed by atoms with Crippen LogP contribution in [0.15, 0.2) is 18.2 Å². The summed E-state index contributed by atoms with van der Waals surface area (Å²) >= 11 is 5.73. The number of nitrogens with one attached hydrogen (secondary N) is 1. The van der Waals surface area contributed by atoms with Gasteiger partial charge >= 0.3 is 5.97 Å². The first kappa shape index (κ1) is 15.3. The fourth-order valence-corrected chi connectivity index (χ4v) is 1.61. The second-order valence-electron chi connectivity index (χ2n) is 4.27. The molecule has 0 aromatic heterocycles. The molecule has 2 N–H and O–H groups in total. The van der Waals surface area contributed by atoms with Crippen LogP contribution in [0.4, 0.5) is 0 Å². The van der Waals surface area contributed by atoms with Crippen LogP contribution in [0, 0.1) is 0 Å². The predicted molar refractivity (Wildman–Crippen MR) is 71.8 cm³/mol. The molecule has 0 unspecified atom stereocenters. The summed E-state index contributed by atoms with van der Waals surface area (Å²) in [6.07, 6.45) is 0.212. The highest BCUT2D eigenvalue weighted by Crippen LogP contribution is 2.22. The van der Waals surface area contributed by atoms with E-state index in [0.29, 0.717) is 5.75 Å². The summed E-state index contributed by atoms with van der Waals surface area (Å²) in [5, 5.41) is 11.8. The highest BCUT2D eigenvalue weighted by atomic mass is 35.5. The Morgan fingerprint density at radius 3 is 2.68 bits per heavy atom. The Kier molecular flexibility index (Phi) is 5.63. The third kappa shape index (κ3) is 5.18. The average molecular weight is 286 g/mol. The van der Waals surface area contributed by atoms with Crippen molar-refractivity contribution in [1.29, 1.82) is 0 Å². The lowest BCUT2D eigenvalue weighted by Gasteiger charge is -2.10. The number of carboxylic acids is 1. The topological polar surface area (TPSA) is 75.6 Å². The molecule has 0 saturated carbocycles. The zero-order valence-corrected chi connectivity index (χ0v) is 11.5. The van der Waals surface area contributed by atoms with Gasteiger partial charge in [0.2, 0.25) is 5.91 Å². The summed E-state index contributed by atoms with van der Waals surface area (Å²) in [7, 11) is 0. The first-order chi connectivity index (χ1) is 8.90. The van der Waals surface area contributed by atoms with Crippen LogP contribution in [0.3, 0.4) is 0 Å². The number of carboxylic acid groups (broad SMARTS) is 1. The van der Waals surface area contributed by atoms with Crippen molar-refractivity contribution in [2.45, 2.75) is 26.3 Å². The molecule has 6 heteroatoms. The summed E-state index contributed by atoms with van der Waals surface area (Å²) in [5.41, 5.74) is -0.0224. The lowest BCUT2D eigenvalue weighted by molar-refractivity contribution is -0.122. The molecule has 0 atom stereocenters. The Hall–Kier alpha value is -1.75. The number of hydrogen-bond acceptors (Lipinski definition) is 3. The van der Waals surface area contributed by atoms with E-state index in [0.717, 1.165) is 0 Å². The SMILES string of the molecule is CC(C)NC(=O)CCOc1ccc(Cl)c(C(=O)O)c1. The van der Waals surface area contributed by atoms with Gasteiger partial charge in [0.15, 0.2) is 0 Å². The van der Waals surface area contributed by atoms with Crippen LogP contribution >= 0.6 is 11.6 Å². The van der Waals surface area contributed by atoms with Crippen molar-refractivity contribution in [3.63, 3.8) is 0 Å². The Morgan fingerprint density at radius 2 is 2.11 bits per heavy atom. The second-order valence-corrected chi connectivity index (χ2v) is 4.67. The molecule has 0 radical (unpaired) electrons. The summed E-state index contributed by atoms with van der Waals surface area (Å²) in [6.45, 7) is 3.92. The minimum absolute atomic E-state index is 0.0224. The zero-order chi connectivity index (χ0) is 14.4. The van der Waals surface area contributed by atoms with Crippen molar-refractivity contribution in [1.82, 2.24) is 5.32 Å². The van der Waals surface area contributed by atoms with E-state index in [4.69, 9.17) is 21.4 Å². The normalized spacial score (nSPS) is 10.3. The van der Waals surface area contributed by atoms with Crippen molar-refractivity contribution in [2.24, 2.45) is 0 Å². The van der Waals surface area contributed by atoms with Crippen LogP contribution in [0.1, 0.15) is 30.6 Å². The monoisotopic (exact) mass is 285 g/mol. The van der Waals surface area contributed by atoms with E-state index in [-0.39, 0.29) is 35.6 Å². The molecule has 1 amide bonds.